The molecule has 0 radical (unpaired) electrons. The van der Waals surface area contributed by atoms with Crippen LogP contribution >= 0.6 is 11.8 Å². The Kier molecular flexibility index (Phi) is 4.36. The second kappa shape index (κ2) is 6.64. The average molecular weight is 337 g/mol. The third-order valence-corrected chi connectivity index (χ3v) is 6.49. The summed E-state index contributed by atoms with van der Waals surface area (Å²) < 4.78 is 0. The Hall–Kier alpha value is -1.74. The molecule has 0 spiro atoms. The maximum Gasteiger partial charge on any atom is 0.128 e. The van der Waals surface area contributed by atoms with Crippen LogP contribution in [0.15, 0.2) is 59.7 Å². The maximum atomic E-state index is 4.58. The Balaban J connectivity index is 1.50. The van der Waals surface area contributed by atoms with Crippen LogP contribution in [0.3, 0.4) is 0 Å². The predicted molar refractivity (Wildman–Crippen MR) is 103 cm³/mol. The molecule has 3 heteroatoms. The van der Waals surface area contributed by atoms with E-state index >= 15 is 0 Å². The molecule has 1 aliphatic heterocycles. The monoisotopic (exact) mass is 336 g/mol. The Bertz CT molecular complexity index is 717. The largest absolute Gasteiger partial charge is 0.288 e. The van der Waals surface area contributed by atoms with E-state index in [4.69, 9.17) is 0 Å². The highest BCUT2D eigenvalue weighted by Gasteiger charge is 2.34. The molecule has 2 aliphatic rings. The van der Waals surface area contributed by atoms with Gasteiger partial charge in [0.2, 0.25) is 0 Å². The molecule has 1 saturated carbocycles. The molecule has 124 valence electrons. The fraction of sp³-hybridized carbons (Fsp3) is 0.381. The summed E-state index contributed by atoms with van der Waals surface area (Å²) in [5.74, 6) is 0.765. The highest BCUT2D eigenvalue weighted by Crippen LogP contribution is 2.41. The van der Waals surface area contributed by atoms with Crippen molar-refractivity contribution in [2.24, 2.45) is 5.10 Å². The van der Waals surface area contributed by atoms with E-state index in [9.17, 15) is 0 Å². The second-order valence-corrected chi connectivity index (χ2v) is 8.39. The Labute approximate surface area is 148 Å². The number of hydrogen-bond acceptors (Lipinski definition) is 3. The van der Waals surface area contributed by atoms with Crippen LogP contribution in [0.25, 0.3) is 0 Å². The first-order valence-corrected chi connectivity index (χ1v) is 9.76. The molecule has 1 atom stereocenters. The molecule has 24 heavy (non-hydrogen) atoms. The van der Waals surface area contributed by atoms with E-state index in [2.05, 4.69) is 66.0 Å². The minimum atomic E-state index is -0.184. The van der Waals surface area contributed by atoms with E-state index in [-0.39, 0.29) is 4.87 Å². The number of nitrogens with zero attached hydrogens (tertiary/aromatic N) is 1. The number of nitrogens with one attached hydrogen (secondary N) is 1. The molecule has 0 aromatic heterocycles. The second-order valence-electron chi connectivity index (χ2n) is 6.99. The molecule has 1 heterocycles. The van der Waals surface area contributed by atoms with Gasteiger partial charge >= 0.3 is 0 Å². The van der Waals surface area contributed by atoms with E-state index < -0.39 is 0 Å². The van der Waals surface area contributed by atoms with Crippen molar-refractivity contribution in [3.05, 3.63) is 71.3 Å². The number of hydrazone groups is 1. The van der Waals surface area contributed by atoms with Crippen LogP contribution < -0.4 is 5.43 Å². The molecule has 1 N–H and O–H groups in total. The lowest BCUT2D eigenvalue weighted by molar-refractivity contribution is 0.443. The van der Waals surface area contributed by atoms with Crippen molar-refractivity contribution in [1.82, 2.24) is 5.43 Å². The molecular formula is C21H24N2S. The van der Waals surface area contributed by atoms with E-state index in [0.29, 0.717) is 0 Å². The van der Waals surface area contributed by atoms with Crippen molar-refractivity contribution in [3.8, 4) is 0 Å². The third-order valence-electron chi connectivity index (χ3n) is 5.23. The molecular weight excluding hydrogens is 312 g/mol. The first-order valence-electron chi connectivity index (χ1n) is 8.94. The van der Waals surface area contributed by atoms with Gasteiger partial charge in [-0.25, -0.2) is 0 Å². The third kappa shape index (κ3) is 3.10. The molecule has 2 aromatic carbocycles. The molecule has 1 aliphatic carbocycles. The lowest BCUT2D eigenvalue weighted by atomic mass is 9.84. The molecule has 0 amide bonds. The van der Waals surface area contributed by atoms with Gasteiger partial charge in [0.1, 0.15) is 9.91 Å². The van der Waals surface area contributed by atoms with Gasteiger partial charge in [-0.3, -0.25) is 5.43 Å². The van der Waals surface area contributed by atoms with E-state index in [1.807, 2.05) is 6.07 Å². The summed E-state index contributed by atoms with van der Waals surface area (Å²) in [5.41, 5.74) is 7.33. The zero-order valence-corrected chi connectivity index (χ0v) is 15.0. The first kappa shape index (κ1) is 15.8. The van der Waals surface area contributed by atoms with Gasteiger partial charge in [0.25, 0.3) is 0 Å². The Morgan fingerprint density at radius 1 is 0.958 bits per heavy atom. The van der Waals surface area contributed by atoms with Crippen LogP contribution in [0.2, 0.25) is 0 Å². The smallest absolute Gasteiger partial charge is 0.128 e. The summed E-state index contributed by atoms with van der Waals surface area (Å²) in [4.78, 5) is -0.184. The van der Waals surface area contributed by atoms with Gasteiger partial charge in [-0.15, -0.1) is 0 Å². The summed E-state index contributed by atoms with van der Waals surface area (Å²) in [7, 11) is 0. The van der Waals surface area contributed by atoms with Crippen molar-refractivity contribution in [3.63, 3.8) is 0 Å². The molecule has 1 fully saturated rings. The van der Waals surface area contributed by atoms with Crippen molar-refractivity contribution in [2.75, 3.05) is 0 Å². The van der Waals surface area contributed by atoms with Crippen LogP contribution in [0.5, 0.6) is 0 Å². The van der Waals surface area contributed by atoms with Gasteiger partial charge in [-0.1, -0.05) is 85.6 Å². The Morgan fingerprint density at radius 2 is 1.67 bits per heavy atom. The first-order chi connectivity index (χ1) is 11.7. The number of thioether (sulfide) groups is 1. The minimum absolute atomic E-state index is 0.184. The standard InChI is InChI=1S/C21H24N2S/c1-21(23-22-20(24-21)18-10-6-3-7-11-18)19-14-12-17(13-15-19)16-8-4-2-5-9-16/h3,6-7,10-16,23H,2,4-5,8-9H2,1H3/t21-/m0/s1. The van der Waals surface area contributed by atoms with Gasteiger partial charge in [0.15, 0.2) is 0 Å². The van der Waals surface area contributed by atoms with Gasteiger partial charge < -0.3 is 0 Å². The van der Waals surface area contributed by atoms with Gasteiger partial charge in [-0.05, 0) is 36.8 Å². The molecule has 2 aromatic rings. The Morgan fingerprint density at radius 3 is 2.38 bits per heavy atom. The fourth-order valence-corrected chi connectivity index (χ4v) is 4.81. The highest BCUT2D eigenvalue weighted by atomic mass is 32.2. The lowest BCUT2D eigenvalue weighted by Crippen LogP contribution is -2.28. The number of benzene rings is 2. The molecule has 0 unspecified atom stereocenters. The predicted octanol–water partition coefficient (Wildman–Crippen LogP) is 5.61. The SMILES string of the molecule is C[C@]1(c2ccc(C3CCCCC3)cc2)NN=C(c2ccccc2)S1. The van der Waals surface area contributed by atoms with Gasteiger partial charge in [0.05, 0.1) is 0 Å². The van der Waals surface area contributed by atoms with Crippen LogP contribution in [0.1, 0.15) is 61.6 Å². The summed E-state index contributed by atoms with van der Waals surface area (Å²) >= 11 is 1.80. The van der Waals surface area contributed by atoms with Crippen LogP contribution in [-0.4, -0.2) is 5.04 Å². The van der Waals surface area contributed by atoms with Crippen molar-refractivity contribution in [1.29, 1.82) is 0 Å². The van der Waals surface area contributed by atoms with Gasteiger partial charge in [0, 0.05) is 5.56 Å². The highest BCUT2D eigenvalue weighted by molar-refractivity contribution is 8.15. The summed E-state index contributed by atoms with van der Waals surface area (Å²) in [6, 6.07) is 19.6. The van der Waals surface area contributed by atoms with E-state index in [0.717, 1.165) is 11.0 Å². The maximum absolute atomic E-state index is 4.58. The summed E-state index contributed by atoms with van der Waals surface area (Å²) in [5, 5.41) is 5.64. The van der Waals surface area contributed by atoms with Crippen LogP contribution in [-0.2, 0) is 4.87 Å². The summed E-state index contributed by atoms with van der Waals surface area (Å²) in [6.45, 7) is 2.22. The molecule has 4 rings (SSSR count). The zero-order chi connectivity index (χ0) is 16.4. The minimum Gasteiger partial charge on any atom is -0.288 e. The quantitative estimate of drug-likeness (QED) is 0.788. The molecule has 2 nitrogen and oxygen atoms in total. The zero-order valence-electron chi connectivity index (χ0n) is 14.2. The van der Waals surface area contributed by atoms with E-state index in [1.165, 1.54) is 48.8 Å². The topological polar surface area (TPSA) is 24.4 Å². The van der Waals surface area contributed by atoms with Crippen LogP contribution in [0, 0.1) is 0 Å². The molecule has 0 saturated heterocycles. The lowest BCUT2D eigenvalue weighted by Gasteiger charge is -2.25. The summed E-state index contributed by atoms with van der Waals surface area (Å²) in [6.07, 6.45) is 6.88. The average Bonchev–Trinajstić information content (AvgIpc) is 3.07. The van der Waals surface area contributed by atoms with E-state index in [1.54, 1.807) is 11.8 Å². The van der Waals surface area contributed by atoms with Crippen molar-refractivity contribution < 1.29 is 0 Å². The van der Waals surface area contributed by atoms with Crippen molar-refractivity contribution >= 4 is 16.8 Å². The fourth-order valence-electron chi connectivity index (χ4n) is 3.73. The number of hydrogen-bond donors (Lipinski definition) is 1. The van der Waals surface area contributed by atoms with Crippen LogP contribution in [0.4, 0.5) is 0 Å². The van der Waals surface area contributed by atoms with Gasteiger partial charge in [-0.2, -0.15) is 5.10 Å². The number of rotatable bonds is 3. The normalized spacial score (nSPS) is 24.5. The molecule has 0 bridgehead atoms. The van der Waals surface area contributed by atoms with Crippen molar-refractivity contribution in [2.45, 2.75) is 49.8 Å².